The molecule has 0 aliphatic heterocycles. The lowest BCUT2D eigenvalue weighted by Crippen LogP contribution is -2.11. The minimum atomic E-state index is -0.490. The molecule has 0 amide bonds. The highest BCUT2D eigenvalue weighted by Crippen LogP contribution is 2.35. The number of fused-ring (bicyclic) bond motifs is 3. The van der Waals surface area contributed by atoms with E-state index in [-0.39, 0.29) is 22.0 Å². The van der Waals surface area contributed by atoms with Crippen molar-refractivity contribution in [2.24, 2.45) is 0 Å². The lowest BCUT2D eigenvalue weighted by molar-refractivity contribution is 0.630. The van der Waals surface area contributed by atoms with Crippen LogP contribution < -0.4 is 5.56 Å². The highest BCUT2D eigenvalue weighted by molar-refractivity contribution is 7.18. The Morgan fingerprint density at radius 2 is 2.09 bits per heavy atom. The van der Waals surface area contributed by atoms with E-state index in [0.29, 0.717) is 10.2 Å². The fourth-order valence-electron chi connectivity index (χ4n) is 3.01. The SMILES string of the molecule is O=c1[nH]c(-c2c(F)cccc2Cl)nc2sc3c(c12)CCCC3. The Labute approximate surface area is 134 Å². The molecule has 0 atom stereocenters. The number of rotatable bonds is 1. The second-order valence-corrected chi connectivity index (χ2v) is 6.89. The average Bonchev–Trinajstić information content (AvgIpc) is 2.85. The van der Waals surface area contributed by atoms with Gasteiger partial charge in [-0.1, -0.05) is 17.7 Å². The molecule has 0 spiro atoms. The molecule has 0 radical (unpaired) electrons. The molecule has 112 valence electrons. The van der Waals surface area contributed by atoms with Crippen LogP contribution in [0.5, 0.6) is 0 Å². The van der Waals surface area contributed by atoms with E-state index in [1.54, 1.807) is 6.07 Å². The van der Waals surface area contributed by atoms with E-state index in [2.05, 4.69) is 9.97 Å². The van der Waals surface area contributed by atoms with Crippen LogP contribution in [-0.4, -0.2) is 9.97 Å². The van der Waals surface area contributed by atoms with Crippen LogP contribution in [0.2, 0.25) is 5.02 Å². The van der Waals surface area contributed by atoms with Crippen LogP contribution >= 0.6 is 22.9 Å². The van der Waals surface area contributed by atoms with Crippen LogP contribution in [0.3, 0.4) is 0 Å². The zero-order chi connectivity index (χ0) is 15.3. The molecule has 0 fully saturated rings. The summed E-state index contributed by atoms with van der Waals surface area (Å²) in [5, 5.41) is 0.903. The topological polar surface area (TPSA) is 45.8 Å². The van der Waals surface area contributed by atoms with Crippen LogP contribution in [0, 0.1) is 5.82 Å². The summed E-state index contributed by atoms with van der Waals surface area (Å²) < 4.78 is 14.1. The van der Waals surface area contributed by atoms with Gasteiger partial charge in [0.2, 0.25) is 0 Å². The quantitative estimate of drug-likeness (QED) is 0.720. The van der Waals surface area contributed by atoms with E-state index < -0.39 is 5.82 Å². The second-order valence-electron chi connectivity index (χ2n) is 5.40. The van der Waals surface area contributed by atoms with Gasteiger partial charge in [0.05, 0.1) is 16.0 Å². The van der Waals surface area contributed by atoms with E-state index in [1.165, 1.54) is 28.3 Å². The van der Waals surface area contributed by atoms with E-state index in [9.17, 15) is 9.18 Å². The molecule has 3 nitrogen and oxygen atoms in total. The van der Waals surface area contributed by atoms with Crippen molar-refractivity contribution in [1.82, 2.24) is 9.97 Å². The van der Waals surface area contributed by atoms with Crippen molar-refractivity contribution in [3.63, 3.8) is 0 Å². The molecule has 1 N–H and O–H groups in total. The molecule has 6 heteroatoms. The second kappa shape index (κ2) is 5.18. The van der Waals surface area contributed by atoms with Crippen molar-refractivity contribution in [2.45, 2.75) is 25.7 Å². The number of nitrogens with one attached hydrogen (secondary N) is 1. The van der Waals surface area contributed by atoms with Gasteiger partial charge in [-0.3, -0.25) is 4.79 Å². The predicted molar refractivity (Wildman–Crippen MR) is 87.3 cm³/mol. The Hall–Kier alpha value is -1.72. The van der Waals surface area contributed by atoms with Gasteiger partial charge in [-0.05, 0) is 43.4 Å². The third-order valence-corrected chi connectivity index (χ3v) is 5.53. The molecule has 4 rings (SSSR count). The molecule has 0 saturated heterocycles. The minimum absolute atomic E-state index is 0.148. The smallest absolute Gasteiger partial charge is 0.260 e. The van der Waals surface area contributed by atoms with Gasteiger partial charge in [0.1, 0.15) is 16.5 Å². The maximum atomic E-state index is 14.1. The summed E-state index contributed by atoms with van der Waals surface area (Å²) in [7, 11) is 0. The Balaban J connectivity index is 2.00. The highest BCUT2D eigenvalue weighted by atomic mass is 35.5. The average molecular weight is 335 g/mol. The minimum Gasteiger partial charge on any atom is -0.306 e. The first-order chi connectivity index (χ1) is 10.6. The van der Waals surface area contributed by atoms with E-state index in [4.69, 9.17) is 11.6 Å². The third kappa shape index (κ3) is 2.08. The van der Waals surface area contributed by atoms with Crippen LogP contribution in [0.1, 0.15) is 23.3 Å². The monoisotopic (exact) mass is 334 g/mol. The molecular weight excluding hydrogens is 323 g/mol. The molecular formula is C16H12ClFN2OS. The number of H-pyrrole nitrogens is 1. The van der Waals surface area contributed by atoms with Crippen LogP contribution in [0.25, 0.3) is 21.6 Å². The normalized spacial score (nSPS) is 14.3. The molecule has 0 bridgehead atoms. The predicted octanol–water partition coefficient (Wildman–Crippen LogP) is 4.32. The summed E-state index contributed by atoms with van der Waals surface area (Å²) in [5.74, 6) is -0.296. The lowest BCUT2D eigenvalue weighted by Gasteiger charge is -2.09. The summed E-state index contributed by atoms with van der Waals surface area (Å²) in [4.78, 5) is 21.5. The molecule has 3 aromatic rings. The van der Waals surface area contributed by atoms with Crippen molar-refractivity contribution < 1.29 is 4.39 Å². The fraction of sp³-hybridized carbons (Fsp3) is 0.250. The number of aromatic nitrogens is 2. The summed E-state index contributed by atoms with van der Waals surface area (Å²) in [5.41, 5.74) is 1.06. The molecule has 22 heavy (non-hydrogen) atoms. The zero-order valence-corrected chi connectivity index (χ0v) is 13.2. The summed E-state index contributed by atoms with van der Waals surface area (Å²) in [6.07, 6.45) is 4.15. The first-order valence-corrected chi connectivity index (χ1v) is 8.33. The van der Waals surface area contributed by atoms with Gasteiger partial charge in [-0.2, -0.15) is 0 Å². The Morgan fingerprint density at radius 1 is 1.27 bits per heavy atom. The summed E-state index contributed by atoms with van der Waals surface area (Å²) in [6.45, 7) is 0. The van der Waals surface area contributed by atoms with Gasteiger partial charge in [0, 0.05) is 4.88 Å². The Kier molecular flexibility index (Phi) is 3.27. The molecule has 1 aromatic carbocycles. The molecule has 0 unspecified atom stereocenters. The van der Waals surface area contributed by atoms with Gasteiger partial charge in [-0.15, -0.1) is 11.3 Å². The number of aryl methyl sites for hydroxylation is 2. The highest BCUT2D eigenvalue weighted by Gasteiger charge is 2.21. The number of aromatic amines is 1. The van der Waals surface area contributed by atoms with Crippen molar-refractivity contribution in [2.75, 3.05) is 0 Å². The first kappa shape index (κ1) is 13.9. The number of hydrogen-bond acceptors (Lipinski definition) is 3. The van der Waals surface area contributed by atoms with Crippen LogP contribution in [0.15, 0.2) is 23.0 Å². The van der Waals surface area contributed by atoms with E-state index in [1.807, 2.05) is 0 Å². The summed E-state index contributed by atoms with van der Waals surface area (Å²) >= 11 is 7.61. The molecule has 0 saturated carbocycles. The van der Waals surface area contributed by atoms with Gasteiger partial charge >= 0.3 is 0 Å². The number of thiophene rings is 1. The summed E-state index contributed by atoms with van der Waals surface area (Å²) in [6, 6.07) is 4.43. The molecule has 1 aliphatic rings. The maximum absolute atomic E-state index is 14.1. The largest absolute Gasteiger partial charge is 0.306 e. The van der Waals surface area contributed by atoms with Crippen molar-refractivity contribution >= 4 is 33.2 Å². The van der Waals surface area contributed by atoms with Gasteiger partial charge in [-0.25, -0.2) is 9.37 Å². The number of halogens is 2. The van der Waals surface area contributed by atoms with Gasteiger partial charge < -0.3 is 4.98 Å². The van der Waals surface area contributed by atoms with Crippen LogP contribution in [-0.2, 0) is 12.8 Å². The van der Waals surface area contributed by atoms with E-state index >= 15 is 0 Å². The first-order valence-electron chi connectivity index (χ1n) is 7.14. The number of hydrogen-bond donors (Lipinski definition) is 1. The third-order valence-electron chi connectivity index (χ3n) is 4.02. The van der Waals surface area contributed by atoms with Crippen molar-refractivity contribution in [3.8, 4) is 11.4 Å². The van der Waals surface area contributed by atoms with E-state index in [0.717, 1.165) is 31.2 Å². The standard InChI is InChI=1S/C16H12ClFN2OS/c17-9-5-3-6-10(18)13(9)14-19-15(21)12-8-4-1-2-7-11(8)22-16(12)20-14/h3,5-6H,1-2,4,7H2,(H,19,20,21). The molecule has 2 aromatic heterocycles. The van der Waals surface area contributed by atoms with Crippen molar-refractivity contribution in [3.05, 3.63) is 49.8 Å². The fourth-order valence-corrected chi connectivity index (χ4v) is 4.52. The Bertz CT molecular complexity index is 927. The Morgan fingerprint density at radius 3 is 2.91 bits per heavy atom. The van der Waals surface area contributed by atoms with Gasteiger partial charge in [0.25, 0.3) is 5.56 Å². The lowest BCUT2D eigenvalue weighted by atomic mass is 9.97. The zero-order valence-electron chi connectivity index (χ0n) is 11.6. The maximum Gasteiger partial charge on any atom is 0.260 e. The molecule has 1 aliphatic carbocycles. The van der Waals surface area contributed by atoms with Crippen molar-refractivity contribution in [1.29, 1.82) is 0 Å². The van der Waals surface area contributed by atoms with Gasteiger partial charge in [0.15, 0.2) is 0 Å². The molecule has 2 heterocycles. The number of nitrogens with zero attached hydrogens (tertiary/aromatic N) is 1. The van der Waals surface area contributed by atoms with Crippen LogP contribution in [0.4, 0.5) is 4.39 Å². The number of benzene rings is 1.